The van der Waals surface area contributed by atoms with Crippen molar-refractivity contribution in [2.24, 2.45) is 0 Å². The first kappa shape index (κ1) is 9.90. The molecule has 0 unspecified atom stereocenters. The molecular weight excluding hydrogens is 188 g/mol. The highest BCUT2D eigenvalue weighted by molar-refractivity contribution is 5.76. The van der Waals surface area contributed by atoms with Crippen LogP contribution in [0.5, 0.6) is 0 Å². The highest BCUT2D eigenvalue weighted by atomic mass is 17.0. The Morgan fingerprint density at radius 1 is 0.667 bits per heavy atom. The van der Waals surface area contributed by atoms with Crippen LogP contribution in [0, 0.1) is 0 Å². The Morgan fingerprint density at radius 3 is 1.53 bits per heavy atom. The SMILES string of the molecule is OO.c1ccc2c(c1)Cc1ccccc1-2. The number of fused-ring (bicyclic) bond motifs is 3. The largest absolute Gasteiger partial charge is 0.255 e. The quantitative estimate of drug-likeness (QED) is 0.432. The summed E-state index contributed by atoms with van der Waals surface area (Å²) in [6.45, 7) is 0. The Labute approximate surface area is 88.4 Å². The third kappa shape index (κ3) is 1.65. The average molecular weight is 200 g/mol. The summed E-state index contributed by atoms with van der Waals surface area (Å²) in [4.78, 5) is 0. The van der Waals surface area contributed by atoms with Crippen molar-refractivity contribution in [2.75, 3.05) is 0 Å². The Bertz CT molecular complexity index is 420. The third-order valence-electron chi connectivity index (χ3n) is 2.71. The lowest BCUT2D eigenvalue weighted by atomic mass is 10.1. The summed E-state index contributed by atoms with van der Waals surface area (Å²) in [6, 6.07) is 17.3. The molecule has 2 aromatic rings. The topological polar surface area (TPSA) is 40.5 Å². The number of hydrogen-bond acceptors (Lipinski definition) is 2. The standard InChI is InChI=1S/C13H10.H2O2/c1-3-7-12-10(5-1)9-11-6-2-4-8-13(11)12;1-2/h1-8H,9H2;1-2H. The monoisotopic (exact) mass is 200 g/mol. The molecule has 2 nitrogen and oxygen atoms in total. The van der Waals surface area contributed by atoms with Crippen molar-refractivity contribution in [3.05, 3.63) is 59.7 Å². The van der Waals surface area contributed by atoms with Crippen molar-refractivity contribution >= 4 is 0 Å². The maximum Gasteiger partial charge on any atom is -0.00135 e. The van der Waals surface area contributed by atoms with E-state index in [1.807, 2.05) is 0 Å². The lowest BCUT2D eigenvalue weighted by Crippen LogP contribution is -1.77. The molecule has 0 heterocycles. The van der Waals surface area contributed by atoms with E-state index in [0.29, 0.717) is 0 Å². The first-order chi connectivity index (χ1) is 7.45. The Morgan fingerprint density at radius 2 is 1.07 bits per heavy atom. The van der Waals surface area contributed by atoms with Gasteiger partial charge in [-0.15, -0.1) is 0 Å². The summed E-state index contributed by atoms with van der Waals surface area (Å²) in [5, 5.41) is 12.0. The van der Waals surface area contributed by atoms with E-state index >= 15 is 0 Å². The molecule has 2 N–H and O–H groups in total. The van der Waals surface area contributed by atoms with Gasteiger partial charge in [-0.1, -0.05) is 48.5 Å². The van der Waals surface area contributed by atoms with Gasteiger partial charge < -0.3 is 0 Å². The molecule has 0 saturated heterocycles. The second kappa shape index (κ2) is 4.26. The molecule has 0 atom stereocenters. The molecule has 0 aliphatic heterocycles. The zero-order valence-electron chi connectivity index (χ0n) is 8.22. The van der Waals surface area contributed by atoms with E-state index in [2.05, 4.69) is 48.5 Å². The van der Waals surface area contributed by atoms with Gasteiger partial charge in [0.15, 0.2) is 0 Å². The van der Waals surface area contributed by atoms with Gasteiger partial charge in [-0.25, -0.2) is 0 Å². The van der Waals surface area contributed by atoms with Gasteiger partial charge in [0, 0.05) is 0 Å². The van der Waals surface area contributed by atoms with Crippen molar-refractivity contribution in [1.29, 1.82) is 0 Å². The van der Waals surface area contributed by atoms with Gasteiger partial charge in [-0.2, -0.15) is 0 Å². The molecule has 2 aromatic carbocycles. The minimum Gasteiger partial charge on any atom is -0.255 e. The molecule has 3 rings (SSSR count). The molecule has 0 aromatic heterocycles. The second-order valence-corrected chi connectivity index (χ2v) is 3.49. The summed E-state index contributed by atoms with van der Waals surface area (Å²) in [5.41, 5.74) is 5.75. The first-order valence-electron chi connectivity index (χ1n) is 4.81. The fourth-order valence-electron chi connectivity index (χ4n) is 2.08. The van der Waals surface area contributed by atoms with Crippen LogP contribution in [0.25, 0.3) is 11.1 Å². The van der Waals surface area contributed by atoms with E-state index in [0.717, 1.165) is 6.42 Å². The zero-order valence-corrected chi connectivity index (χ0v) is 8.22. The van der Waals surface area contributed by atoms with Crippen LogP contribution in [0.15, 0.2) is 48.5 Å². The number of benzene rings is 2. The molecule has 2 heteroatoms. The number of rotatable bonds is 0. The van der Waals surface area contributed by atoms with Gasteiger partial charge in [-0.05, 0) is 28.7 Å². The van der Waals surface area contributed by atoms with Crippen LogP contribution in [0.1, 0.15) is 11.1 Å². The molecule has 0 bridgehead atoms. The molecule has 1 aliphatic rings. The van der Waals surface area contributed by atoms with Gasteiger partial charge >= 0.3 is 0 Å². The average Bonchev–Trinajstić information content (AvgIpc) is 2.70. The molecule has 0 spiro atoms. The fourth-order valence-corrected chi connectivity index (χ4v) is 2.08. The van der Waals surface area contributed by atoms with Crippen LogP contribution in [0.3, 0.4) is 0 Å². The van der Waals surface area contributed by atoms with Crippen LogP contribution >= 0.6 is 0 Å². The van der Waals surface area contributed by atoms with Crippen molar-refractivity contribution in [3.63, 3.8) is 0 Å². The van der Waals surface area contributed by atoms with Gasteiger partial charge in [0.25, 0.3) is 0 Å². The van der Waals surface area contributed by atoms with Crippen molar-refractivity contribution < 1.29 is 10.5 Å². The Hall–Kier alpha value is -1.64. The van der Waals surface area contributed by atoms with Gasteiger partial charge in [0.2, 0.25) is 0 Å². The Kier molecular flexibility index (Phi) is 2.81. The zero-order chi connectivity index (χ0) is 10.7. The molecule has 15 heavy (non-hydrogen) atoms. The minimum absolute atomic E-state index is 1.10. The van der Waals surface area contributed by atoms with Gasteiger partial charge in [0.05, 0.1) is 0 Å². The van der Waals surface area contributed by atoms with Gasteiger partial charge in [0.1, 0.15) is 0 Å². The molecule has 0 radical (unpaired) electrons. The minimum atomic E-state index is 1.10. The normalized spacial score (nSPS) is 11.1. The van der Waals surface area contributed by atoms with E-state index in [1.54, 1.807) is 0 Å². The highest BCUT2D eigenvalue weighted by Crippen LogP contribution is 2.35. The van der Waals surface area contributed by atoms with Crippen molar-refractivity contribution in [3.8, 4) is 11.1 Å². The summed E-state index contributed by atoms with van der Waals surface area (Å²) in [5.74, 6) is 0. The summed E-state index contributed by atoms with van der Waals surface area (Å²) in [7, 11) is 0. The smallest absolute Gasteiger partial charge is 0.00135 e. The van der Waals surface area contributed by atoms with Crippen LogP contribution in [0.4, 0.5) is 0 Å². The molecular formula is C13H12O2. The third-order valence-corrected chi connectivity index (χ3v) is 2.71. The predicted molar refractivity (Wildman–Crippen MR) is 59.9 cm³/mol. The van der Waals surface area contributed by atoms with Crippen LogP contribution in [-0.2, 0) is 6.42 Å². The maximum atomic E-state index is 6.00. The molecule has 76 valence electrons. The lowest BCUT2D eigenvalue weighted by Gasteiger charge is -1.98. The molecule has 0 saturated carbocycles. The first-order valence-corrected chi connectivity index (χ1v) is 4.81. The van der Waals surface area contributed by atoms with Crippen LogP contribution in [-0.4, -0.2) is 10.5 Å². The van der Waals surface area contributed by atoms with E-state index in [4.69, 9.17) is 10.5 Å². The van der Waals surface area contributed by atoms with Crippen molar-refractivity contribution in [2.45, 2.75) is 6.42 Å². The lowest BCUT2D eigenvalue weighted by molar-refractivity contribution is -0.176. The maximum absolute atomic E-state index is 6.00. The number of hydrogen-bond donors (Lipinski definition) is 2. The summed E-state index contributed by atoms with van der Waals surface area (Å²) >= 11 is 0. The van der Waals surface area contributed by atoms with E-state index in [9.17, 15) is 0 Å². The molecule has 0 amide bonds. The second-order valence-electron chi connectivity index (χ2n) is 3.49. The summed E-state index contributed by atoms with van der Waals surface area (Å²) in [6.07, 6.45) is 1.10. The summed E-state index contributed by atoms with van der Waals surface area (Å²) < 4.78 is 0. The van der Waals surface area contributed by atoms with Gasteiger partial charge in [-0.3, -0.25) is 10.5 Å². The van der Waals surface area contributed by atoms with E-state index in [-0.39, 0.29) is 0 Å². The Balaban J connectivity index is 0.000000404. The van der Waals surface area contributed by atoms with E-state index in [1.165, 1.54) is 22.3 Å². The van der Waals surface area contributed by atoms with Crippen molar-refractivity contribution in [1.82, 2.24) is 0 Å². The highest BCUT2D eigenvalue weighted by Gasteiger charge is 2.15. The fraction of sp³-hybridized carbons (Fsp3) is 0.0769. The van der Waals surface area contributed by atoms with E-state index < -0.39 is 0 Å². The van der Waals surface area contributed by atoms with Crippen LogP contribution < -0.4 is 0 Å². The van der Waals surface area contributed by atoms with Crippen LogP contribution in [0.2, 0.25) is 0 Å². The predicted octanol–water partition coefficient (Wildman–Crippen LogP) is 3.28. The molecule has 0 fully saturated rings. The molecule has 1 aliphatic carbocycles.